The first-order chi connectivity index (χ1) is 27.8. The molecule has 2 heterocycles. The molecule has 0 unspecified atom stereocenters. The first kappa shape index (κ1) is 43.4. The summed E-state index contributed by atoms with van der Waals surface area (Å²) < 4.78 is 34.8. The number of guanidine groups is 1. The highest BCUT2D eigenvalue weighted by Gasteiger charge is 2.56. The highest BCUT2D eigenvalue weighted by molar-refractivity contribution is 5.97. The number of esters is 1. The van der Waals surface area contributed by atoms with Crippen LogP contribution in [0.2, 0.25) is 0 Å². The lowest BCUT2D eigenvalue weighted by Crippen LogP contribution is -2.67. The quantitative estimate of drug-likeness (QED) is 0.0397. The van der Waals surface area contributed by atoms with Crippen LogP contribution in [0.1, 0.15) is 58.0 Å². The van der Waals surface area contributed by atoms with E-state index in [1.807, 2.05) is 30.3 Å². The molecule has 3 aromatic carbocycles. The van der Waals surface area contributed by atoms with Crippen LogP contribution < -0.4 is 35.3 Å². The normalized spacial score (nSPS) is 21.9. The van der Waals surface area contributed by atoms with Gasteiger partial charge in [0, 0.05) is 43.8 Å². The van der Waals surface area contributed by atoms with Crippen LogP contribution in [0.15, 0.2) is 47.5 Å². The van der Waals surface area contributed by atoms with Gasteiger partial charge in [0.1, 0.15) is 36.1 Å². The second-order valence-electron chi connectivity index (χ2n) is 13.5. The van der Waals surface area contributed by atoms with Crippen molar-refractivity contribution in [2.24, 2.45) is 10.7 Å². The van der Waals surface area contributed by atoms with Crippen molar-refractivity contribution in [3.05, 3.63) is 64.7 Å². The number of aromatic carboxylic acids is 1. The minimum Gasteiger partial charge on any atom is -0.504 e. The van der Waals surface area contributed by atoms with Gasteiger partial charge < -0.3 is 80.5 Å². The Labute approximate surface area is 333 Å². The maximum atomic E-state index is 13.7. The van der Waals surface area contributed by atoms with Gasteiger partial charge in [0.25, 0.3) is 0 Å². The number of fused-ring (bicyclic) bond motifs is 1. The van der Waals surface area contributed by atoms with E-state index in [0.717, 1.165) is 11.6 Å². The zero-order chi connectivity index (χ0) is 42.0. The van der Waals surface area contributed by atoms with Crippen molar-refractivity contribution in [2.45, 2.75) is 69.2 Å². The minimum absolute atomic E-state index is 0.0104. The smallest absolute Gasteiger partial charge is 0.342 e. The lowest BCUT2D eigenvalue weighted by Gasteiger charge is -2.48. The molecule has 3 aromatic rings. The number of phenols is 2. The molecule has 2 aliphatic heterocycles. The summed E-state index contributed by atoms with van der Waals surface area (Å²) in [5, 5.41) is 80.8. The SMILES string of the molecule is CCNc1cc(O[C@@H]2O[C@@]3(CCc4c(OC)c(O)c(OCCc5ccccc5)c(O)c4C(=O)OC3)[C@@H](O)[C@H](O)[C@H]2O)c(OCN=C(N)NCCCCO)cc1C(=O)O. The molecule has 0 aliphatic carbocycles. The number of unbranched alkanes of at least 4 members (excludes halogenated alkanes) is 1. The van der Waals surface area contributed by atoms with Crippen molar-refractivity contribution < 1.29 is 73.8 Å². The average molecular weight is 815 g/mol. The number of aliphatic imine (C=N–C) groups is 1. The molecule has 0 radical (unpaired) electrons. The third-order valence-corrected chi connectivity index (χ3v) is 9.70. The van der Waals surface area contributed by atoms with Crippen molar-refractivity contribution in [1.82, 2.24) is 5.32 Å². The van der Waals surface area contributed by atoms with E-state index in [-0.39, 0.29) is 71.6 Å². The fraction of sp³-hybridized carbons (Fsp3) is 0.462. The number of aliphatic hydroxyl groups excluding tert-OH is 4. The number of hydrogen-bond acceptors (Lipinski definition) is 16. The summed E-state index contributed by atoms with van der Waals surface area (Å²) in [4.78, 5) is 29.9. The number of hydrogen-bond donors (Lipinski definition) is 10. The van der Waals surface area contributed by atoms with Crippen LogP contribution in [0.3, 0.4) is 0 Å². The number of carboxylic acid groups (broad SMARTS) is 1. The maximum absolute atomic E-state index is 13.7. The van der Waals surface area contributed by atoms with Gasteiger partial charge >= 0.3 is 11.9 Å². The highest BCUT2D eigenvalue weighted by atomic mass is 16.7. The third-order valence-electron chi connectivity index (χ3n) is 9.70. The Kier molecular flexibility index (Phi) is 14.7. The Bertz CT molecular complexity index is 1930. The van der Waals surface area contributed by atoms with E-state index in [4.69, 9.17) is 39.3 Å². The van der Waals surface area contributed by atoms with Gasteiger partial charge in [0.2, 0.25) is 17.8 Å². The number of aromatic hydroxyl groups is 2. The number of aliphatic hydroxyl groups is 4. The van der Waals surface area contributed by atoms with E-state index >= 15 is 0 Å². The lowest BCUT2D eigenvalue weighted by molar-refractivity contribution is -0.320. The van der Waals surface area contributed by atoms with E-state index in [0.29, 0.717) is 32.4 Å². The molecule has 0 bridgehead atoms. The van der Waals surface area contributed by atoms with Crippen LogP contribution in [-0.2, 0) is 22.3 Å². The molecule has 0 saturated carbocycles. The van der Waals surface area contributed by atoms with E-state index in [9.17, 15) is 40.2 Å². The number of ether oxygens (including phenoxy) is 6. The number of carboxylic acids is 1. The molecule has 5 rings (SSSR count). The molecule has 1 saturated heterocycles. The van der Waals surface area contributed by atoms with Crippen molar-refractivity contribution in [1.29, 1.82) is 0 Å². The maximum Gasteiger partial charge on any atom is 0.342 e. The molecular formula is C39H50N4O15. The second-order valence-corrected chi connectivity index (χ2v) is 13.5. The largest absolute Gasteiger partial charge is 0.504 e. The number of rotatable bonds is 17. The number of nitrogens with zero attached hydrogens (tertiary/aromatic N) is 1. The number of benzene rings is 3. The Morgan fingerprint density at radius 3 is 2.48 bits per heavy atom. The second kappa shape index (κ2) is 19.6. The van der Waals surface area contributed by atoms with Gasteiger partial charge in [-0.15, -0.1) is 0 Å². The molecule has 1 fully saturated rings. The van der Waals surface area contributed by atoms with Crippen molar-refractivity contribution >= 4 is 23.6 Å². The fourth-order valence-electron chi connectivity index (χ4n) is 6.66. The van der Waals surface area contributed by atoms with Gasteiger partial charge in [-0.3, -0.25) is 0 Å². The van der Waals surface area contributed by atoms with Crippen molar-refractivity contribution in [3.8, 4) is 34.5 Å². The molecule has 19 nitrogen and oxygen atoms in total. The zero-order valence-electron chi connectivity index (χ0n) is 32.1. The summed E-state index contributed by atoms with van der Waals surface area (Å²) in [5.74, 6) is -4.61. The zero-order valence-corrected chi connectivity index (χ0v) is 32.1. The summed E-state index contributed by atoms with van der Waals surface area (Å²) in [5.41, 5.74) is 4.43. The van der Waals surface area contributed by atoms with Crippen LogP contribution in [-0.4, -0.2) is 131 Å². The Morgan fingerprint density at radius 1 is 1.03 bits per heavy atom. The molecule has 0 aromatic heterocycles. The van der Waals surface area contributed by atoms with Gasteiger partial charge in [0.15, 0.2) is 35.7 Å². The molecular weight excluding hydrogens is 764 g/mol. The molecule has 19 heteroatoms. The number of nitrogens with one attached hydrogen (secondary N) is 2. The van der Waals surface area contributed by atoms with E-state index in [1.165, 1.54) is 13.2 Å². The number of anilines is 1. The number of carbonyl (C=O) groups is 2. The number of cyclic esters (lactones) is 1. The van der Waals surface area contributed by atoms with E-state index in [1.54, 1.807) is 6.92 Å². The van der Waals surface area contributed by atoms with Gasteiger partial charge in [-0.1, -0.05) is 30.3 Å². The number of nitrogens with two attached hydrogens (primary N) is 1. The van der Waals surface area contributed by atoms with Crippen molar-refractivity contribution in [3.63, 3.8) is 0 Å². The van der Waals surface area contributed by atoms with Gasteiger partial charge in [-0.25, -0.2) is 14.6 Å². The Hall–Kier alpha value is -5.73. The van der Waals surface area contributed by atoms with E-state index < -0.39 is 72.7 Å². The topological polar surface area (TPSA) is 294 Å². The third kappa shape index (κ3) is 9.68. The summed E-state index contributed by atoms with van der Waals surface area (Å²) >= 11 is 0. The monoisotopic (exact) mass is 814 g/mol. The fourth-order valence-corrected chi connectivity index (χ4v) is 6.66. The predicted molar refractivity (Wildman–Crippen MR) is 206 cm³/mol. The van der Waals surface area contributed by atoms with Gasteiger partial charge in [-0.2, -0.15) is 0 Å². The Balaban J connectivity index is 1.43. The van der Waals surface area contributed by atoms with E-state index in [2.05, 4.69) is 15.6 Å². The van der Waals surface area contributed by atoms with Crippen molar-refractivity contribution in [2.75, 3.05) is 52.1 Å². The van der Waals surface area contributed by atoms with Crippen LogP contribution in [0, 0.1) is 0 Å². The van der Waals surface area contributed by atoms with Gasteiger partial charge in [-0.05, 0) is 38.2 Å². The molecule has 11 N–H and O–H groups in total. The molecule has 2 aliphatic rings. The van der Waals surface area contributed by atoms with Crippen LogP contribution in [0.5, 0.6) is 34.5 Å². The average Bonchev–Trinajstić information content (AvgIpc) is 3.20. The molecule has 316 valence electrons. The summed E-state index contributed by atoms with van der Waals surface area (Å²) in [7, 11) is 1.24. The first-order valence-corrected chi connectivity index (χ1v) is 18.7. The van der Waals surface area contributed by atoms with Crippen LogP contribution >= 0.6 is 0 Å². The number of phenolic OH excluding ortho intramolecular Hbond substituents is 2. The summed E-state index contributed by atoms with van der Waals surface area (Å²) in [6, 6.07) is 11.8. The number of methoxy groups -OCH3 is 1. The molecule has 5 atom stereocenters. The molecule has 58 heavy (non-hydrogen) atoms. The molecule has 1 spiro atoms. The van der Waals surface area contributed by atoms with Gasteiger partial charge in [0.05, 0.1) is 25.0 Å². The predicted octanol–water partition coefficient (Wildman–Crippen LogP) is 1.23. The summed E-state index contributed by atoms with van der Waals surface area (Å²) in [6.07, 6.45) is -6.34. The highest BCUT2D eigenvalue weighted by Crippen LogP contribution is 2.51. The minimum atomic E-state index is -1.95. The van der Waals surface area contributed by atoms with Crippen LogP contribution in [0.4, 0.5) is 5.69 Å². The summed E-state index contributed by atoms with van der Waals surface area (Å²) in [6.45, 7) is 1.40. The van der Waals surface area contributed by atoms with Crippen LogP contribution in [0.25, 0.3) is 0 Å². The number of carbonyl (C=O) groups excluding carboxylic acids is 1. The molecule has 0 amide bonds. The Morgan fingerprint density at radius 2 is 1.79 bits per heavy atom. The standard InChI is InChI=1S/C39H50N4O15/c1-3-41-24-18-26(25(17-23(24)35(50)51)56-20-43-38(40)42-14-7-8-15-44)57-37-30(47)29(46)34(49)39(58-37)13-11-22-27(36(52)55-19-39)28(45)33(31(48)32(22)53-2)54-16-12-21-9-5-4-6-10-21/h4-6,9-10,17-18,29-30,34,37,41,44-49H,3,7-8,11-16,19-20H2,1-2H3,(H,50,51)(H3,40,42,43)/t29-,30-,34+,37-,39-/m1/s1. The first-order valence-electron chi connectivity index (χ1n) is 18.7. The lowest BCUT2D eigenvalue weighted by atomic mass is 9.81.